The minimum atomic E-state index is 0.0355. The van der Waals surface area contributed by atoms with Crippen LogP contribution < -0.4 is 0 Å². The lowest BCUT2D eigenvalue weighted by molar-refractivity contribution is -0.944. The molecule has 0 radical (unpaired) electrons. The van der Waals surface area contributed by atoms with Crippen LogP contribution in [0.1, 0.15) is 85.5 Å². The van der Waals surface area contributed by atoms with E-state index in [1.54, 1.807) is 0 Å². The number of rotatable bonds is 8. The van der Waals surface area contributed by atoms with Crippen LogP contribution in [0.2, 0.25) is 0 Å². The second kappa shape index (κ2) is 7.64. The molecule has 0 aromatic heterocycles. The van der Waals surface area contributed by atoms with E-state index in [1.807, 2.05) is 0 Å². The number of likely N-dealkylation sites (tertiary alicyclic amines) is 1. The zero-order chi connectivity index (χ0) is 14.4. The quantitative estimate of drug-likeness (QED) is 0.435. The topological polar surface area (TPSA) is 23.1 Å². The van der Waals surface area contributed by atoms with E-state index in [-0.39, 0.29) is 10.2 Å². The minimum absolute atomic E-state index is 0.0355. The Hall–Kier alpha value is -0.0800. The summed E-state index contributed by atoms with van der Waals surface area (Å²) in [6.45, 7) is 10.7. The molecule has 0 aromatic rings. The maximum Gasteiger partial charge on any atom is 0.102 e. The Balaban J connectivity index is 3.10. The van der Waals surface area contributed by atoms with Crippen LogP contribution in [-0.2, 0) is 0 Å². The summed E-state index contributed by atoms with van der Waals surface area (Å²) in [5, 5.41) is 13.6. The van der Waals surface area contributed by atoms with Crippen LogP contribution >= 0.6 is 0 Å². The maximum atomic E-state index is 13.6. The van der Waals surface area contributed by atoms with Crippen LogP contribution in [0.5, 0.6) is 0 Å². The standard InChI is InChI=1S/C17H35NO/c1-5-10-16-11-9-15-18(19,14-8-4)17(16,12-6-2)13-7-3/h16H,5-15H2,1-4H3. The highest BCUT2D eigenvalue weighted by Gasteiger charge is 2.51. The van der Waals surface area contributed by atoms with Gasteiger partial charge in [0.1, 0.15) is 5.54 Å². The van der Waals surface area contributed by atoms with Gasteiger partial charge in [0.15, 0.2) is 0 Å². The van der Waals surface area contributed by atoms with Crippen LogP contribution in [0.4, 0.5) is 0 Å². The predicted molar refractivity (Wildman–Crippen MR) is 83.8 cm³/mol. The van der Waals surface area contributed by atoms with Crippen LogP contribution in [0.25, 0.3) is 0 Å². The van der Waals surface area contributed by atoms with Gasteiger partial charge in [-0.2, -0.15) is 0 Å². The SMILES string of the molecule is CCCC1CCC[N+]([O-])(CCC)C1(CCC)CCC. The molecule has 2 unspecified atom stereocenters. The normalized spacial score (nSPS) is 30.5. The molecule has 0 spiro atoms. The first kappa shape index (κ1) is 17.0. The molecule has 1 fully saturated rings. The van der Waals surface area contributed by atoms with Crippen molar-refractivity contribution in [2.45, 2.75) is 91.0 Å². The van der Waals surface area contributed by atoms with Gasteiger partial charge < -0.3 is 9.85 Å². The number of quaternary nitrogens is 1. The molecule has 2 heteroatoms. The fourth-order valence-electron chi connectivity index (χ4n) is 4.68. The molecule has 1 saturated heterocycles. The minimum Gasteiger partial charge on any atom is -0.632 e. The third kappa shape index (κ3) is 3.33. The molecule has 1 heterocycles. The Morgan fingerprint density at radius 2 is 1.63 bits per heavy atom. The lowest BCUT2D eigenvalue weighted by Crippen LogP contribution is -2.67. The second-order valence-corrected chi connectivity index (χ2v) is 6.57. The van der Waals surface area contributed by atoms with E-state index in [0.717, 1.165) is 51.6 Å². The van der Waals surface area contributed by atoms with Gasteiger partial charge in [-0.25, -0.2) is 0 Å². The van der Waals surface area contributed by atoms with E-state index >= 15 is 0 Å². The number of hydroxylamine groups is 3. The van der Waals surface area contributed by atoms with E-state index in [1.165, 1.54) is 19.3 Å². The average Bonchev–Trinajstić information content (AvgIpc) is 2.36. The fraction of sp³-hybridized carbons (Fsp3) is 1.00. The van der Waals surface area contributed by atoms with Crippen molar-refractivity contribution in [3.63, 3.8) is 0 Å². The first-order valence-corrected chi connectivity index (χ1v) is 8.68. The number of hydrogen-bond acceptors (Lipinski definition) is 1. The highest BCUT2D eigenvalue weighted by Crippen LogP contribution is 2.47. The van der Waals surface area contributed by atoms with Crippen molar-refractivity contribution in [2.24, 2.45) is 5.92 Å². The summed E-state index contributed by atoms with van der Waals surface area (Å²) in [7, 11) is 0. The molecule has 0 N–H and O–H groups in total. The van der Waals surface area contributed by atoms with Crippen molar-refractivity contribution >= 4 is 0 Å². The predicted octanol–water partition coefficient (Wildman–Crippen LogP) is 5.26. The van der Waals surface area contributed by atoms with Gasteiger partial charge in [-0.15, -0.1) is 0 Å². The van der Waals surface area contributed by atoms with Gasteiger partial charge >= 0.3 is 0 Å². The van der Waals surface area contributed by atoms with Gasteiger partial charge in [-0.05, 0) is 25.7 Å². The van der Waals surface area contributed by atoms with Crippen molar-refractivity contribution in [2.75, 3.05) is 13.1 Å². The first-order chi connectivity index (χ1) is 9.10. The van der Waals surface area contributed by atoms with Crippen molar-refractivity contribution in [1.82, 2.24) is 0 Å². The number of nitrogens with zero attached hydrogens (tertiary/aromatic N) is 1. The molecule has 1 aliphatic heterocycles. The Morgan fingerprint density at radius 1 is 1.00 bits per heavy atom. The molecule has 2 atom stereocenters. The molecule has 2 nitrogen and oxygen atoms in total. The van der Waals surface area contributed by atoms with Gasteiger partial charge in [0.05, 0.1) is 13.1 Å². The van der Waals surface area contributed by atoms with Crippen LogP contribution in [0, 0.1) is 11.1 Å². The van der Waals surface area contributed by atoms with Crippen molar-refractivity contribution < 1.29 is 4.65 Å². The van der Waals surface area contributed by atoms with Gasteiger partial charge in [0.25, 0.3) is 0 Å². The fourth-order valence-corrected chi connectivity index (χ4v) is 4.68. The summed E-state index contributed by atoms with van der Waals surface area (Å²) in [6, 6.07) is 0. The average molecular weight is 269 g/mol. The molecule has 19 heavy (non-hydrogen) atoms. The Morgan fingerprint density at radius 3 is 2.11 bits per heavy atom. The molecular formula is C17H35NO. The van der Waals surface area contributed by atoms with E-state index in [0.29, 0.717) is 5.92 Å². The zero-order valence-corrected chi connectivity index (χ0v) is 13.7. The van der Waals surface area contributed by atoms with Gasteiger partial charge in [-0.3, -0.25) is 0 Å². The monoisotopic (exact) mass is 269 g/mol. The first-order valence-electron chi connectivity index (χ1n) is 8.68. The lowest BCUT2D eigenvalue weighted by atomic mass is 9.68. The number of hydrogen-bond donors (Lipinski definition) is 0. The Bertz CT molecular complexity index is 242. The molecular weight excluding hydrogens is 234 g/mol. The van der Waals surface area contributed by atoms with Crippen LogP contribution in [0.15, 0.2) is 0 Å². The lowest BCUT2D eigenvalue weighted by Gasteiger charge is -2.63. The molecule has 1 rings (SSSR count). The summed E-state index contributed by atoms with van der Waals surface area (Å²) in [5.41, 5.74) is 0.0355. The highest BCUT2D eigenvalue weighted by atomic mass is 16.6. The second-order valence-electron chi connectivity index (χ2n) is 6.57. The van der Waals surface area contributed by atoms with Gasteiger partial charge in [0, 0.05) is 18.8 Å². The summed E-state index contributed by atoms with van der Waals surface area (Å²) >= 11 is 0. The van der Waals surface area contributed by atoms with E-state index in [2.05, 4.69) is 27.7 Å². The van der Waals surface area contributed by atoms with Crippen molar-refractivity contribution in [1.29, 1.82) is 0 Å². The van der Waals surface area contributed by atoms with Crippen LogP contribution in [0.3, 0.4) is 0 Å². The van der Waals surface area contributed by atoms with Crippen molar-refractivity contribution in [3.8, 4) is 0 Å². The summed E-state index contributed by atoms with van der Waals surface area (Å²) in [6.07, 6.45) is 10.5. The molecule has 0 amide bonds. The van der Waals surface area contributed by atoms with Gasteiger partial charge in [0.2, 0.25) is 0 Å². The van der Waals surface area contributed by atoms with E-state index in [9.17, 15) is 5.21 Å². The molecule has 0 aliphatic carbocycles. The molecule has 0 bridgehead atoms. The zero-order valence-electron chi connectivity index (χ0n) is 13.7. The van der Waals surface area contributed by atoms with Crippen molar-refractivity contribution in [3.05, 3.63) is 5.21 Å². The Kier molecular flexibility index (Phi) is 6.82. The van der Waals surface area contributed by atoms with E-state index < -0.39 is 0 Å². The largest absolute Gasteiger partial charge is 0.632 e. The van der Waals surface area contributed by atoms with Crippen LogP contribution in [-0.4, -0.2) is 23.3 Å². The highest BCUT2D eigenvalue weighted by molar-refractivity contribution is 4.92. The smallest absolute Gasteiger partial charge is 0.102 e. The summed E-state index contributed by atoms with van der Waals surface area (Å²) in [4.78, 5) is 0. The van der Waals surface area contributed by atoms with Gasteiger partial charge in [-0.1, -0.05) is 47.0 Å². The summed E-state index contributed by atoms with van der Waals surface area (Å²) in [5.74, 6) is 0.662. The molecule has 0 saturated carbocycles. The van der Waals surface area contributed by atoms with E-state index in [4.69, 9.17) is 0 Å². The third-order valence-electron chi connectivity index (χ3n) is 5.23. The summed E-state index contributed by atoms with van der Waals surface area (Å²) < 4.78 is 0.121. The maximum absolute atomic E-state index is 13.6. The Labute approximate surface area is 120 Å². The number of piperidine rings is 1. The molecule has 0 aromatic carbocycles. The molecule has 114 valence electrons. The third-order valence-corrected chi connectivity index (χ3v) is 5.23. The molecule has 1 aliphatic rings.